The van der Waals surface area contributed by atoms with Crippen LogP contribution in [-0.2, 0) is 4.79 Å². The summed E-state index contributed by atoms with van der Waals surface area (Å²) in [7, 11) is 1.61. The summed E-state index contributed by atoms with van der Waals surface area (Å²) in [6.45, 7) is 1.41. The second-order valence-electron chi connectivity index (χ2n) is 3.83. The third-order valence-corrected chi connectivity index (χ3v) is 2.57. The van der Waals surface area contributed by atoms with Crippen LogP contribution < -0.4 is 10.2 Å². The van der Waals surface area contributed by atoms with Gasteiger partial charge >= 0.3 is 0 Å². The molecule has 0 saturated heterocycles. The number of nitrogens with zero attached hydrogens (tertiary/aromatic N) is 1. The first-order valence-electron chi connectivity index (χ1n) is 5.58. The molecular formula is C14H14N2O2. The summed E-state index contributed by atoms with van der Waals surface area (Å²) in [6, 6.07) is 11.8. The lowest BCUT2D eigenvalue weighted by molar-refractivity contribution is -0.118. The molecule has 2 aromatic rings. The van der Waals surface area contributed by atoms with E-state index in [4.69, 9.17) is 4.74 Å². The lowest BCUT2D eigenvalue weighted by Gasteiger charge is -2.08. The van der Waals surface area contributed by atoms with E-state index in [1.165, 1.54) is 6.92 Å². The zero-order valence-electron chi connectivity index (χ0n) is 10.3. The monoisotopic (exact) mass is 242 g/mol. The number of hydrazone groups is 1. The van der Waals surface area contributed by atoms with Gasteiger partial charge in [-0.25, -0.2) is 5.43 Å². The third-order valence-electron chi connectivity index (χ3n) is 2.57. The van der Waals surface area contributed by atoms with Gasteiger partial charge in [0.15, 0.2) is 0 Å². The Bertz CT molecular complexity index is 606. The highest BCUT2D eigenvalue weighted by atomic mass is 16.5. The predicted octanol–water partition coefficient (Wildman–Crippen LogP) is 2.32. The molecule has 0 aliphatic heterocycles. The number of nitrogens with one attached hydrogen (secondary N) is 1. The minimum Gasteiger partial charge on any atom is -0.496 e. The van der Waals surface area contributed by atoms with Crippen molar-refractivity contribution in [3.8, 4) is 5.75 Å². The van der Waals surface area contributed by atoms with E-state index >= 15 is 0 Å². The average Bonchev–Trinajstić information content (AvgIpc) is 2.38. The van der Waals surface area contributed by atoms with E-state index in [0.29, 0.717) is 0 Å². The van der Waals surface area contributed by atoms with Gasteiger partial charge in [0, 0.05) is 12.5 Å². The standard InChI is InChI=1S/C14H14N2O2/c1-10(17)16-15-9-13-12-6-4-3-5-11(12)7-8-14(13)18-2/h3-9H,1-2H3,(H,16,17)/b15-9+. The Morgan fingerprint density at radius 1 is 1.28 bits per heavy atom. The highest BCUT2D eigenvalue weighted by Gasteiger charge is 2.05. The van der Waals surface area contributed by atoms with Gasteiger partial charge in [0.1, 0.15) is 5.75 Å². The van der Waals surface area contributed by atoms with Crippen molar-refractivity contribution in [3.05, 3.63) is 42.0 Å². The van der Waals surface area contributed by atoms with Crippen LogP contribution in [0.2, 0.25) is 0 Å². The Labute approximate surface area is 105 Å². The van der Waals surface area contributed by atoms with Crippen molar-refractivity contribution in [2.45, 2.75) is 6.92 Å². The Kier molecular flexibility index (Phi) is 3.57. The predicted molar refractivity (Wildman–Crippen MR) is 71.9 cm³/mol. The molecule has 1 N–H and O–H groups in total. The van der Waals surface area contributed by atoms with Crippen LogP contribution in [0, 0.1) is 0 Å². The molecule has 18 heavy (non-hydrogen) atoms. The van der Waals surface area contributed by atoms with Crippen LogP contribution in [0.25, 0.3) is 10.8 Å². The Morgan fingerprint density at radius 3 is 2.78 bits per heavy atom. The third kappa shape index (κ3) is 2.48. The van der Waals surface area contributed by atoms with Crippen molar-refractivity contribution in [1.82, 2.24) is 5.43 Å². The van der Waals surface area contributed by atoms with Crippen molar-refractivity contribution in [1.29, 1.82) is 0 Å². The molecule has 0 saturated carbocycles. The zero-order valence-corrected chi connectivity index (χ0v) is 10.3. The van der Waals surface area contributed by atoms with Crippen LogP contribution in [0.15, 0.2) is 41.5 Å². The lowest BCUT2D eigenvalue weighted by Crippen LogP contribution is -2.12. The van der Waals surface area contributed by atoms with Gasteiger partial charge in [0.05, 0.1) is 13.3 Å². The Morgan fingerprint density at radius 2 is 2.06 bits per heavy atom. The highest BCUT2D eigenvalue weighted by Crippen LogP contribution is 2.26. The summed E-state index contributed by atoms with van der Waals surface area (Å²) in [5, 5.41) is 6.03. The molecule has 0 radical (unpaired) electrons. The molecule has 0 spiro atoms. The maximum absolute atomic E-state index is 10.8. The molecule has 2 aromatic carbocycles. The van der Waals surface area contributed by atoms with E-state index in [0.717, 1.165) is 22.1 Å². The molecule has 0 heterocycles. The molecule has 92 valence electrons. The van der Waals surface area contributed by atoms with E-state index in [-0.39, 0.29) is 5.91 Å². The van der Waals surface area contributed by atoms with E-state index < -0.39 is 0 Å². The van der Waals surface area contributed by atoms with Crippen LogP contribution in [0.1, 0.15) is 12.5 Å². The first-order valence-corrected chi connectivity index (χ1v) is 5.58. The summed E-state index contributed by atoms with van der Waals surface area (Å²) in [4.78, 5) is 10.8. The van der Waals surface area contributed by atoms with Crippen molar-refractivity contribution in [2.24, 2.45) is 5.10 Å². The smallest absolute Gasteiger partial charge is 0.236 e. The van der Waals surface area contributed by atoms with Crippen molar-refractivity contribution < 1.29 is 9.53 Å². The maximum Gasteiger partial charge on any atom is 0.236 e. The van der Waals surface area contributed by atoms with Gasteiger partial charge < -0.3 is 4.74 Å². The Hall–Kier alpha value is -2.36. The lowest BCUT2D eigenvalue weighted by atomic mass is 10.0. The minimum absolute atomic E-state index is 0.203. The fraction of sp³-hybridized carbons (Fsp3) is 0.143. The van der Waals surface area contributed by atoms with E-state index in [1.807, 2.05) is 36.4 Å². The molecule has 0 aliphatic carbocycles. The number of hydrogen-bond donors (Lipinski definition) is 1. The fourth-order valence-electron chi connectivity index (χ4n) is 1.77. The second-order valence-corrected chi connectivity index (χ2v) is 3.83. The number of carbonyl (C=O) groups is 1. The van der Waals surface area contributed by atoms with Gasteiger partial charge in [0.2, 0.25) is 5.91 Å². The molecular weight excluding hydrogens is 228 g/mol. The number of fused-ring (bicyclic) bond motifs is 1. The van der Waals surface area contributed by atoms with Gasteiger partial charge in [-0.3, -0.25) is 4.79 Å². The molecule has 1 amide bonds. The topological polar surface area (TPSA) is 50.7 Å². The number of hydrogen-bond acceptors (Lipinski definition) is 3. The molecule has 0 bridgehead atoms. The molecule has 0 unspecified atom stereocenters. The largest absolute Gasteiger partial charge is 0.496 e. The first kappa shape index (κ1) is 12.1. The summed E-state index contributed by atoms with van der Waals surface area (Å²) in [5.41, 5.74) is 3.24. The minimum atomic E-state index is -0.203. The molecule has 0 aromatic heterocycles. The molecule has 0 atom stereocenters. The molecule has 2 rings (SSSR count). The van der Waals surface area contributed by atoms with Crippen LogP contribution in [0.4, 0.5) is 0 Å². The average molecular weight is 242 g/mol. The molecule has 4 nitrogen and oxygen atoms in total. The number of rotatable bonds is 3. The highest BCUT2D eigenvalue weighted by molar-refractivity contribution is 6.02. The number of ether oxygens (including phenoxy) is 1. The van der Waals surface area contributed by atoms with Gasteiger partial charge in [0.25, 0.3) is 0 Å². The fourth-order valence-corrected chi connectivity index (χ4v) is 1.77. The van der Waals surface area contributed by atoms with E-state index in [1.54, 1.807) is 13.3 Å². The number of benzene rings is 2. The Balaban J connectivity index is 2.51. The van der Waals surface area contributed by atoms with Gasteiger partial charge in [-0.15, -0.1) is 0 Å². The van der Waals surface area contributed by atoms with Crippen molar-refractivity contribution >= 4 is 22.9 Å². The second kappa shape index (κ2) is 5.31. The number of amides is 1. The van der Waals surface area contributed by atoms with Gasteiger partial charge in [-0.05, 0) is 16.8 Å². The van der Waals surface area contributed by atoms with Gasteiger partial charge in [-0.1, -0.05) is 30.3 Å². The van der Waals surface area contributed by atoms with Crippen LogP contribution in [0.3, 0.4) is 0 Å². The molecule has 4 heteroatoms. The summed E-state index contributed by atoms with van der Waals surface area (Å²) in [5.74, 6) is 0.522. The van der Waals surface area contributed by atoms with Crippen molar-refractivity contribution in [3.63, 3.8) is 0 Å². The summed E-state index contributed by atoms with van der Waals surface area (Å²) >= 11 is 0. The van der Waals surface area contributed by atoms with Crippen LogP contribution in [0.5, 0.6) is 5.75 Å². The molecule has 0 aliphatic rings. The molecule has 0 fully saturated rings. The SMILES string of the molecule is COc1ccc2ccccc2c1/C=N/NC(C)=O. The normalized spacial score (nSPS) is 10.8. The first-order chi connectivity index (χ1) is 8.72. The quantitative estimate of drug-likeness (QED) is 0.663. The van der Waals surface area contributed by atoms with Crippen LogP contribution >= 0.6 is 0 Å². The van der Waals surface area contributed by atoms with Crippen molar-refractivity contribution in [2.75, 3.05) is 7.11 Å². The zero-order chi connectivity index (χ0) is 13.0. The van der Waals surface area contributed by atoms with Crippen LogP contribution in [-0.4, -0.2) is 19.2 Å². The summed E-state index contributed by atoms with van der Waals surface area (Å²) < 4.78 is 5.31. The number of carbonyl (C=O) groups excluding carboxylic acids is 1. The summed E-state index contributed by atoms with van der Waals surface area (Å²) in [6.07, 6.45) is 1.60. The van der Waals surface area contributed by atoms with E-state index in [2.05, 4.69) is 10.5 Å². The van der Waals surface area contributed by atoms with Gasteiger partial charge in [-0.2, -0.15) is 5.10 Å². The maximum atomic E-state index is 10.8. The number of methoxy groups -OCH3 is 1. The van der Waals surface area contributed by atoms with E-state index in [9.17, 15) is 4.79 Å².